The van der Waals surface area contributed by atoms with Gasteiger partial charge in [-0.1, -0.05) is 50.2 Å². The lowest BCUT2D eigenvalue weighted by molar-refractivity contribution is -0.141. The summed E-state index contributed by atoms with van der Waals surface area (Å²) in [5.41, 5.74) is 19.0. The second-order valence-corrected chi connectivity index (χ2v) is 12.2. The maximum atomic E-state index is 13.5. The molecular weight excluding hydrogens is 528 g/mol. The Kier molecular flexibility index (Phi) is 10.7. The number of aryl methyl sites for hydroxylation is 1. The van der Waals surface area contributed by atoms with Crippen LogP contribution in [0.15, 0.2) is 34.9 Å². The van der Waals surface area contributed by atoms with Crippen LogP contribution in [0.5, 0.6) is 0 Å². The molecular formula is C28H40N8O3S. The predicted molar refractivity (Wildman–Crippen MR) is 156 cm³/mol. The quantitative estimate of drug-likeness (QED) is 0.159. The molecule has 1 aromatic heterocycles. The number of azide groups is 1. The first-order valence-electron chi connectivity index (χ1n) is 13.6. The van der Waals surface area contributed by atoms with E-state index in [1.165, 1.54) is 4.90 Å². The molecule has 0 saturated carbocycles. The zero-order valence-corrected chi connectivity index (χ0v) is 24.7. The molecule has 0 unspecified atom stereocenters. The monoisotopic (exact) mass is 568 g/mol. The molecule has 2 aromatic rings. The molecule has 2 heterocycles. The third-order valence-corrected chi connectivity index (χ3v) is 8.18. The lowest BCUT2D eigenvalue weighted by Gasteiger charge is -2.33. The fourth-order valence-corrected chi connectivity index (χ4v) is 5.50. The van der Waals surface area contributed by atoms with Crippen molar-refractivity contribution in [3.63, 3.8) is 0 Å². The predicted octanol–water partition coefficient (Wildman–Crippen LogP) is 4.24. The minimum atomic E-state index is -0.793. The summed E-state index contributed by atoms with van der Waals surface area (Å²) in [5.74, 6) is -0.754. The van der Waals surface area contributed by atoms with E-state index in [9.17, 15) is 14.4 Å². The van der Waals surface area contributed by atoms with E-state index in [1.54, 1.807) is 11.3 Å². The molecule has 0 spiro atoms. The molecule has 0 radical (unpaired) electrons. The zero-order chi connectivity index (χ0) is 29.4. The minimum Gasteiger partial charge on any atom is -0.351 e. The number of rotatable bonds is 11. The third-order valence-electron chi connectivity index (χ3n) is 7.20. The summed E-state index contributed by atoms with van der Waals surface area (Å²) in [7, 11) is 0. The van der Waals surface area contributed by atoms with Crippen LogP contribution < -0.4 is 16.4 Å². The summed E-state index contributed by atoms with van der Waals surface area (Å²) in [6, 6.07) is 5.80. The number of amides is 3. The van der Waals surface area contributed by atoms with Gasteiger partial charge in [0.25, 0.3) is 0 Å². The molecule has 1 aliphatic rings. The largest absolute Gasteiger partial charge is 0.351 e. The fourth-order valence-electron chi connectivity index (χ4n) is 4.69. The Morgan fingerprint density at radius 1 is 1.25 bits per heavy atom. The normalized spacial score (nSPS) is 18.5. The maximum absolute atomic E-state index is 13.5. The number of aromatic nitrogens is 1. The minimum absolute atomic E-state index is 0.163. The van der Waals surface area contributed by atoms with E-state index in [0.29, 0.717) is 25.8 Å². The Bertz CT molecular complexity index is 1230. The van der Waals surface area contributed by atoms with Crippen LogP contribution in [0.1, 0.15) is 70.7 Å². The van der Waals surface area contributed by atoms with E-state index in [-0.39, 0.29) is 42.8 Å². The van der Waals surface area contributed by atoms with Gasteiger partial charge in [0.1, 0.15) is 6.04 Å². The molecule has 1 fully saturated rings. The van der Waals surface area contributed by atoms with Crippen molar-refractivity contribution in [3.8, 4) is 10.4 Å². The van der Waals surface area contributed by atoms with Gasteiger partial charge in [-0.15, -0.1) is 11.3 Å². The summed E-state index contributed by atoms with van der Waals surface area (Å²) in [4.78, 5) is 49.1. The van der Waals surface area contributed by atoms with Gasteiger partial charge in [-0.2, -0.15) is 0 Å². The molecule has 3 rings (SSSR count). The average molecular weight is 569 g/mol. The number of benzene rings is 1. The van der Waals surface area contributed by atoms with Crippen LogP contribution in [0.2, 0.25) is 0 Å². The number of nitrogens with zero attached hydrogens (tertiary/aromatic N) is 5. The molecule has 3 amide bonds. The Balaban J connectivity index is 1.68. The van der Waals surface area contributed by atoms with E-state index >= 15 is 0 Å². The van der Waals surface area contributed by atoms with Crippen molar-refractivity contribution in [1.29, 1.82) is 0 Å². The molecule has 11 nitrogen and oxygen atoms in total. The van der Waals surface area contributed by atoms with Crippen molar-refractivity contribution in [2.45, 2.75) is 84.5 Å². The first-order chi connectivity index (χ1) is 18.9. The van der Waals surface area contributed by atoms with Crippen LogP contribution in [0.4, 0.5) is 0 Å². The van der Waals surface area contributed by atoms with Gasteiger partial charge in [0.15, 0.2) is 0 Å². The van der Waals surface area contributed by atoms with Crippen molar-refractivity contribution < 1.29 is 14.4 Å². The van der Waals surface area contributed by atoms with Gasteiger partial charge < -0.3 is 21.3 Å². The zero-order valence-electron chi connectivity index (χ0n) is 23.9. The summed E-state index contributed by atoms with van der Waals surface area (Å²) >= 11 is 1.59. The number of hydrogen-bond acceptors (Lipinski definition) is 7. The standard InChI is InChI=1S/C28H40N8O3S/c1-17(19-9-11-20(12-10-19)24-18(2)31-16-40-24)33-26(38)22-14-21(34-23(37)8-6-7-13-32-35-30)15-36(22)27(39)25(29)28(3,4)5/h9-12,16-17,21-22,25H,6-8,13-15,29H2,1-5H3,(H,33,38)(H,34,37)/t17-,21+,22-,25+/m0/s1. The number of carbonyl (C=O) groups excluding carboxylic acids is 3. The lowest BCUT2D eigenvalue weighted by atomic mass is 9.86. The Hall–Kier alpha value is -3.47. The van der Waals surface area contributed by atoms with Gasteiger partial charge >= 0.3 is 0 Å². The van der Waals surface area contributed by atoms with Crippen molar-refractivity contribution in [1.82, 2.24) is 20.5 Å². The highest BCUT2D eigenvalue weighted by Crippen LogP contribution is 2.29. The molecule has 4 N–H and O–H groups in total. The van der Waals surface area contributed by atoms with E-state index in [1.807, 2.05) is 64.4 Å². The van der Waals surface area contributed by atoms with Crippen LogP contribution in [0.25, 0.3) is 20.9 Å². The van der Waals surface area contributed by atoms with Gasteiger partial charge in [-0.25, -0.2) is 4.98 Å². The van der Waals surface area contributed by atoms with Crippen LogP contribution in [-0.4, -0.2) is 58.8 Å². The lowest BCUT2D eigenvalue weighted by Crippen LogP contribution is -2.55. The van der Waals surface area contributed by atoms with Crippen LogP contribution in [-0.2, 0) is 14.4 Å². The van der Waals surface area contributed by atoms with Crippen molar-refractivity contribution in [2.24, 2.45) is 16.3 Å². The second-order valence-electron chi connectivity index (χ2n) is 11.4. The van der Waals surface area contributed by atoms with Gasteiger partial charge in [-0.3, -0.25) is 14.4 Å². The number of likely N-dealkylation sites (tertiary alicyclic amines) is 1. The molecule has 0 aliphatic carbocycles. The maximum Gasteiger partial charge on any atom is 0.243 e. The molecule has 4 atom stereocenters. The van der Waals surface area contributed by atoms with E-state index < -0.39 is 17.5 Å². The Morgan fingerprint density at radius 2 is 1.95 bits per heavy atom. The molecule has 0 bridgehead atoms. The first kappa shape index (κ1) is 31.1. The summed E-state index contributed by atoms with van der Waals surface area (Å²) in [6.45, 7) is 10.1. The van der Waals surface area contributed by atoms with Crippen LogP contribution in [0.3, 0.4) is 0 Å². The highest BCUT2D eigenvalue weighted by Gasteiger charge is 2.43. The van der Waals surface area contributed by atoms with E-state index in [0.717, 1.165) is 21.7 Å². The number of hydrogen-bond donors (Lipinski definition) is 3. The van der Waals surface area contributed by atoms with Gasteiger partial charge in [-0.05, 0) is 55.2 Å². The molecule has 1 aromatic carbocycles. The van der Waals surface area contributed by atoms with Crippen molar-refractivity contribution in [3.05, 3.63) is 51.5 Å². The van der Waals surface area contributed by atoms with Gasteiger partial charge in [0.2, 0.25) is 17.7 Å². The fraction of sp³-hybridized carbons (Fsp3) is 0.571. The molecule has 216 valence electrons. The van der Waals surface area contributed by atoms with Crippen molar-refractivity contribution >= 4 is 29.1 Å². The molecule has 40 heavy (non-hydrogen) atoms. The SMILES string of the molecule is Cc1ncsc1-c1ccc([C@H](C)NC(=O)[C@@H]2C[C@@H](NC(=O)CCCCN=[N+]=[N-])CN2C(=O)[C@@H](N)C(C)(C)C)cc1. The number of nitrogens with one attached hydrogen (secondary N) is 2. The molecule has 1 aliphatic heterocycles. The molecule has 12 heteroatoms. The average Bonchev–Trinajstić information content (AvgIpc) is 3.53. The summed E-state index contributed by atoms with van der Waals surface area (Å²) in [6.07, 6.45) is 1.77. The topological polar surface area (TPSA) is 166 Å². The second kappa shape index (κ2) is 13.7. The number of thiazole rings is 1. The first-order valence-corrected chi connectivity index (χ1v) is 14.5. The van der Waals surface area contributed by atoms with Gasteiger partial charge in [0.05, 0.1) is 28.2 Å². The third kappa shape index (κ3) is 8.03. The number of unbranched alkanes of at least 4 members (excludes halogenated alkanes) is 1. The van der Waals surface area contributed by atoms with Crippen molar-refractivity contribution in [2.75, 3.05) is 13.1 Å². The highest BCUT2D eigenvalue weighted by atomic mass is 32.1. The highest BCUT2D eigenvalue weighted by molar-refractivity contribution is 7.13. The summed E-state index contributed by atoms with van der Waals surface area (Å²) < 4.78 is 0. The number of carbonyl (C=O) groups is 3. The van der Waals surface area contributed by atoms with Crippen LogP contribution in [0, 0.1) is 12.3 Å². The summed E-state index contributed by atoms with van der Waals surface area (Å²) in [5, 5.41) is 9.50. The van der Waals surface area contributed by atoms with Gasteiger partial charge in [0, 0.05) is 30.5 Å². The Labute approximate surface area is 239 Å². The smallest absolute Gasteiger partial charge is 0.243 e. The van der Waals surface area contributed by atoms with E-state index in [4.69, 9.17) is 11.3 Å². The van der Waals surface area contributed by atoms with E-state index in [2.05, 4.69) is 25.6 Å². The Morgan fingerprint density at radius 3 is 2.55 bits per heavy atom. The van der Waals surface area contributed by atoms with Crippen LogP contribution >= 0.6 is 11.3 Å². The molecule has 1 saturated heterocycles. The number of nitrogens with two attached hydrogens (primary N) is 1.